The molecule has 0 saturated carbocycles. The molecule has 2 nitrogen and oxygen atoms in total. The first-order valence-electron chi connectivity index (χ1n) is 3.77. The minimum absolute atomic E-state index is 0.173. The Morgan fingerprint density at radius 2 is 2.00 bits per heavy atom. The highest BCUT2D eigenvalue weighted by Gasteiger charge is 2.03. The highest BCUT2D eigenvalue weighted by Crippen LogP contribution is 2.04. The smallest absolute Gasteiger partial charge is 0.338 e. The number of aryl methyl sites for hydroxylation is 1. The van der Waals surface area contributed by atoms with Crippen LogP contribution in [0.25, 0.3) is 0 Å². The van der Waals surface area contributed by atoms with Gasteiger partial charge in [-0.1, -0.05) is 17.7 Å². The highest BCUT2D eigenvalue weighted by molar-refractivity contribution is 5.89. The average molecular weight is 163 g/mol. The number of carbonyl (C=O) groups excluding carboxylic acids is 1. The number of carbonyl (C=O) groups is 1. The van der Waals surface area contributed by atoms with Crippen LogP contribution >= 0.6 is 0 Å². The molecule has 1 radical (unpaired) electrons. The fraction of sp³-hybridized carbons (Fsp3) is 0.200. The molecule has 0 aromatic heterocycles. The molecule has 12 heavy (non-hydrogen) atoms. The van der Waals surface area contributed by atoms with E-state index in [1.807, 2.05) is 19.1 Å². The van der Waals surface area contributed by atoms with Crippen molar-refractivity contribution in [3.63, 3.8) is 0 Å². The van der Waals surface area contributed by atoms with Gasteiger partial charge in [0.05, 0.1) is 12.2 Å². The van der Waals surface area contributed by atoms with E-state index >= 15 is 0 Å². The van der Waals surface area contributed by atoms with Crippen LogP contribution in [0.4, 0.5) is 0 Å². The Kier molecular flexibility index (Phi) is 2.86. The van der Waals surface area contributed by atoms with Crippen LogP contribution < -0.4 is 0 Å². The zero-order chi connectivity index (χ0) is 8.97. The molecule has 0 amide bonds. The van der Waals surface area contributed by atoms with Crippen molar-refractivity contribution in [2.24, 2.45) is 0 Å². The van der Waals surface area contributed by atoms with Crippen LogP contribution in [-0.2, 0) is 4.74 Å². The van der Waals surface area contributed by atoms with E-state index in [1.54, 1.807) is 12.1 Å². The molecule has 0 spiro atoms. The van der Waals surface area contributed by atoms with Crippen molar-refractivity contribution in [3.05, 3.63) is 42.3 Å². The fourth-order valence-electron chi connectivity index (χ4n) is 0.866. The van der Waals surface area contributed by atoms with Crippen LogP contribution in [0, 0.1) is 13.8 Å². The first-order valence-corrected chi connectivity index (χ1v) is 3.77. The Balaban J connectivity index is 2.75. The van der Waals surface area contributed by atoms with Gasteiger partial charge in [0.2, 0.25) is 0 Å². The molecule has 0 fully saturated rings. The lowest BCUT2D eigenvalue weighted by atomic mass is 10.1. The predicted molar refractivity (Wildman–Crippen MR) is 46.8 cm³/mol. The van der Waals surface area contributed by atoms with Gasteiger partial charge in [-0.05, 0) is 26.0 Å². The standard InChI is InChI=1S/C10H11O2/c1-3-12-10(11)9-6-4-8(2)5-7-9/h4-7H,1,3H2,2H3. The van der Waals surface area contributed by atoms with Gasteiger partial charge in [-0.2, -0.15) is 0 Å². The molecule has 0 aliphatic heterocycles. The third-order valence-corrected chi connectivity index (χ3v) is 1.52. The minimum atomic E-state index is -0.315. The molecule has 0 bridgehead atoms. The second-order valence-corrected chi connectivity index (χ2v) is 2.50. The molecule has 0 heterocycles. The van der Waals surface area contributed by atoms with Crippen LogP contribution in [0.1, 0.15) is 15.9 Å². The van der Waals surface area contributed by atoms with E-state index in [1.165, 1.54) is 0 Å². The third kappa shape index (κ3) is 2.09. The number of benzene rings is 1. The summed E-state index contributed by atoms with van der Waals surface area (Å²) in [7, 11) is 0. The summed E-state index contributed by atoms with van der Waals surface area (Å²) in [6.07, 6.45) is 0. The van der Waals surface area contributed by atoms with Gasteiger partial charge in [-0.3, -0.25) is 0 Å². The maximum atomic E-state index is 11.1. The van der Waals surface area contributed by atoms with E-state index < -0.39 is 0 Å². The van der Waals surface area contributed by atoms with E-state index in [-0.39, 0.29) is 12.6 Å². The molecule has 0 N–H and O–H groups in total. The quantitative estimate of drug-likeness (QED) is 0.623. The van der Waals surface area contributed by atoms with E-state index in [9.17, 15) is 4.79 Å². The SMILES string of the molecule is [CH2]COC(=O)c1ccc(C)cc1. The summed E-state index contributed by atoms with van der Waals surface area (Å²) < 4.78 is 4.72. The molecule has 0 aliphatic carbocycles. The Hall–Kier alpha value is -1.31. The number of ether oxygens (including phenoxy) is 1. The predicted octanol–water partition coefficient (Wildman–Crippen LogP) is 1.99. The van der Waals surface area contributed by atoms with Gasteiger partial charge in [-0.15, -0.1) is 0 Å². The summed E-state index contributed by atoms with van der Waals surface area (Å²) >= 11 is 0. The second-order valence-electron chi connectivity index (χ2n) is 2.50. The van der Waals surface area contributed by atoms with Crippen LogP contribution in [0.3, 0.4) is 0 Å². The molecule has 1 rings (SSSR count). The van der Waals surface area contributed by atoms with Crippen LogP contribution in [0.2, 0.25) is 0 Å². The zero-order valence-corrected chi connectivity index (χ0v) is 7.04. The van der Waals surface area contributed by atoms with Crippen molar-refractivity contribution in [1.29, 1.82) is 0 Å². The first-order chi connectivity index (χ1) is 5.74. The summed E-state index contributed by atoms with van der Waals surface area (Å²) in [4.78, 5) is 11.1. The summed E-state index contributed by atoms with van der Waals surface area (Å²) in [6.45, 7) is 5.57. The van der Waals surface area contributed by atoms with Crippen molar-refractivity contribution in [1.82, 2.24) is 0 Å². The number of esters is 1. The zero-order valence-electron chi connectivity index (χ0n) is 7.04. The van der Waals surface area contributed by atoms with Gasteiger partial charge in [0.25, 0.3) is 0 Å². The van der Waals surface area contributed by atoms with E-state index in [2.05, 4.69) is 6.92 Å². The largest absolute Gasteiger partial charge is 0.462 e. The topological polar surface area (TPSA) is 26.3 Å². The van der Waals surface area contributed by atoms with Gasteiger partial charge in [0.1, 0.15) is 0 Å². The van der Waals surface area contributed by atoms with E-state index in [4.69, 9.17) is 4.74 Å². The van der Waals surface area contributed by atoms with E-state index in [0.29, 0.717) is 5.56 Å². The molecule has 0 saturated heterocycles. The number of hydrogen-bond acceptors (Lipinski definition) is 2. The lowest BCUT2D eigenvalue weighted by Crippen LogP contribution is -2.04. The molecular formula is C10H11O2. The Bertz CT molecular complexity index is 262. The van der Waals surface area contributed by atoms with Gasteiger partial charge < -0.3 is 4.74 Å². The first kappa shape index (κ1) is 8.78. The van der Waals surface area contributed by atoms with Crippen molar-refractivity contribution in [3.8, 4) is 0 Å². The maximum Gasteiger partial charge on any atom is 0.338 e. The van der Waals surface area contributed by atoms with Gasteiger partial charge in [0.15, 0.2) is 0 Å². The third-order valence-electron chi connectivity index (χ3n) is 1.52. The van der Waals surface area contributed by atoms with Crippen LogP contribution in [0.15, 0.2) is 24.3 Å². The normalized spacial score (nSPS) is 9.50. The summed E-state index contributed by atoms with van der Waals surface area (Å²) in [5, 5.41) is 0. The maximum absolute atomic E-state index is 11.1. The summed E-state index contributed by atoms with van der Waals surface area (Å²) in [6, 6.07) is 7.24. The molecular weight excluding hydrogens is 152 g/mol. The Morgan fingerprint density at radius 1 is 1.42 bits per heavy atom. The molecule has 1 aromatic carbocycles. The lowest BCUT2D eigenvalue weighted by molar-refractivity contribution is 0.0547. The van der Waals surface area contributed by atoms with Crippen LogP contribution in [-0.4, -0.2) is 12.6 Å². The van der Waals surface area contributed by atoms with Crippen molar-refractivity contribution in [2.75, 3.05) is 6.61 Å². The molecule has 0 atom stereocenters. The highest BCUT2D eigenvalue weighted by atomic mass is 16.5. The Morgan fingerprint density at radius 3 is 2.50 bits per heavy atom. The molecule has 2 heteroatoms. The minimum Gasteiger partial charge on any atom is -0.462 e. The second kappa shape index (κ2) is 3.90. The fourth-order valence-corrected chi connectivity index (χ4v) is 0.866. The molecule has 63 valence electrons. The van der Waals surface area contributed by atoms with Gasteiger partial charge in [-0.25, -0.2) is 4.79 Å². The molecule has 0 unspecified atom stereocenters. The van der Waals surface area contributed by atoms with Crippen molar-refractivity contribution >= 4 is 5.97 Å². The summed E-state index contributed by atoms with van der Waals surface area (Å²) in [5.41, 5.74) is 1.70. The average Bonchev–Trinajstić information content (AvgIpc) is 2.06. The molecule has 0 aliphatic rings. The number of hydrogen-bond donors (Lipinski definition) is 0. The monoisotopic (exact) mass is 163 g/mol. The van der Waals surface area contributed by atoms with Gasteiger partial charge >= 0.3 is 5.97 Å². The van der Waals surface area contributed by atoms with Crippen molar-refractivity contribution in [2.45, 2.75) is 6.92 Å². The van der Waals surface area contributed by atoms with Crippen molar-refractivity contribution < 1.29 is 9.53 Å². The summed E-state index contributed by atoms with van der Waals surface area (Å²) in [5.74, 6) is -0.315. The van der Waals surface area contributed by atoms with Gasteiger partial charge in [0, 0.05) is 0 Å². The number of rotatable bonds is 2. The lowest BCUT2D eigenvalue weighted by Gasteiger charge is -2.00. The molecule has 1 aromatic rings. The van der Waals surface area contributed by atoms with Crippen LogP contribution in [0.5, 0.6) is 0 Å². The van der Waals surface area contributed by atoms with E-state index in [0.717, 1.165) is 5.56 Å². The Labute approximate surface area is 72.2 Å².